The van der Waals surface area contributed by atoms with Gasteiger partial charge in [0, 0.05) is 23.3 Å². The molecule has 1 N–H and O–H groups in total. The molecule has 0 bridgehead atoms. The zero-order valence-corrected chi connectivity index (χ0v) is 13.8. The zero-order chi connectivity index (χ0) is 16.7. The molecule has 4 nitrogen and oxygen atoms in total. The maximum absolute atomic E-state index is 10.3. The van der Waals surface area contributed by atoms with E-state index in [1.807, 2.05) is 54.9 Å². The third kappa shape index (κ3) is 2.31. The van der Waals surface area contributed by atoms with Crippen molar-refractivity contribution in [3.63, 3.8) is 0 Å². The van der Waals surface area contributed by atoms with E-state index < -0.39 is 0 Å². The molecule has 120 valence electrons. The Hall–Kier alpha value is -2.88. The minimum Gasteiger partial charge on any atom is -0.508 e. The summed E-state index contributed by atoms with van der Waals surface area (Å²) in [7, 11) is 0. The first kappa shape index (κ1) is 14.7. The number of rotatable bonds is 2. The topological polar surface area (TPSA) is 50.4 Å². The van der Waals surface area contributed by atoms with Crippen molar-refractivity contribution in [1.29, 1.82) is 0 Å². The molecule has 0 radical (unpaired) electrons. The summed E-state index contributed by atoms with van der Waals surface area (Å²) in [6, 6.07) is 17.7. The lowest BCUT2D eigenvalue weighted by Crippen LogP contribution is -2.19. The van der Waals surface area contributed by atoms with Gasteiger partial charge in [-0.15, -0.1) is 0 Å². The Kier molecular flexibility index (Phi) is 3.45. The Morgan fingerprint density at radius 3 is 2.46 bits per heavy atom. The van der Waals surface area contributed by atoms with Crippen LogP contribution in [0.1, 0.15) is 30.6 Å². The van der Waals surface area contributed by atoms with Gasteiger partial charge in [0.25, 0.3) is 0 Å². The summed E-state index contributed by atoms with van der Waals surface area (Å²) in [4.78, 5) is 4.78. The van der Waals surface area contributed by atoms with Gasteiger partial charge in [0.1, 0.15) is 5.75 Å². The first-order chi connectivity index (χ1) is 11.6. The first-order valence-corrected chi connectivity index (χ1v) is 8.11. The Balaban J connectivity index is 1.92. The van der Waals surface area contributed by atoms with Crippen molar-refractivity contribution in [2.45, 2.75) is 26.3 Å². The maximum Gasteiger partial charge on any atom is 0.159 e. The average Bonchev–Trinajstić information content (AvgIpc) is 2.91. The van der Waals surface area contributed by atoms with Crippen LogP contribution in [0.15, 0.2) is 59.6 Å². The van der Waals surface area contributed by atoms with Crippen LogP contribution in [0.5, 0.6) is 5.75 Å². The molecule has 1 aromatic heterocycles. The van der Waals surface area contributed by atoms with Gasteiger partial charge in [0.05, 0.1) is 11.7 Å². The van der Waals surface area contributed by atoms with E-state index in [1.165, 1.54) is 0 Å². The lowest BCUT2D eigenvalue weighted by molar-refractivity contribution is 0.443. The summed E-state index contributed by atoms with van der Waals surface area (Å²) >= 11 is 0. The standard InChI is InChI=1S/C20H19N3O/c1-13-12-17(16-10-6-7-11-18(16)24)23-20(21-13)19(14(2)22-23)15-8-4-3-5-9-15/h3-11,17,24H,12H2,1-2H3. The molecule has 2 heterocycles. The van der Waals surface area contributed by atoms with Crippen LogP contribution in [0, 0.1) is 6.92 Å². The Bertz CT molecular complexity index is 925. The summed E-state index contributed by atoms with van der Waals surface area (Å²) < 4.78 is 1.96. The average molecular weight is 317 g/mol. The fourth-order valence-electron chi connectivity index (χ4n) is 3.41. The molecule has 1 aliphatic rings. The number of aryl methyl sites for hydroxylation is 1. The minimum absolute atomic E-state index is 0.0325. The SMILES string of the molecule is CC1=Nc2c(-c3ccccc3)c(C)nn2C(c2ccccc2O)C1. The number of aromatic nitrogens is 2. The van der Waals surface area contributed by atoms with Crippen molar-refractivity contribution in [1.82, 2.24) is 9.78 Å². The van der Waals surface area contributed by atoms with Crippen LogP contribution in [-0.2, 0) is 0 Å². The molecule has 0 aliphatic carbocycles. The Morgan fingerprint density at radius 2 is 1.71 bits per heavy atom. The van der Waals surface area contributed by atoms with E-state index in [0.717, 1.165) is 40.3 Å². The molecule has 24 heavy (non-hydrogen) atoms. The highest BCUT2D eigenvalue weighted by Crippen LogP contribution is 2.42. The highest BCUT2D eigenvalue weighted by Gasteiger charge is 2.28. The van der Waals surface area contributed by atoms with Crippen LogP contribution in [-0.4, -0.2) is 20.6 Å². The van der Waals surface area contributed by atoms with Crippen LogP contribution in [0.2, 0.25) is 0 Å². The number of phenolic OH excluding ortho intramolecular Hbond substituents is 1. The summed E-state index contributed by atoms with van der Waals surface area (Å²) in [6.45, 7) is 4.05. The number of nitrogens with zero attached hydrogens (tertiary/aromatic N) is 3. The van der Waals surface area contributed by atoms with Crippen LogP contribution in [0.25, 0.3) is 11.1 Å². The fourth-order valence-corrected chi connectivity index (χ4v) is 3.41. The third-order valence-electron chi connectivity index (χ3n) is 4.50. The number of hydrogen-bond acceptors (Lipinski definition) is 3. The smallest absolute Gasteiger partial charge is 0.159 e. The number of para-hydroxylation sites is 1. The second-order valence-electron chi connectivity index (χ2n) is 6.22. The molecule has 4 heteroatoms. The molecule has 1 aliphatic heterocycles. The lowest BCUT2D eigenvalue weighted by atomic mass is 9.98. The normalized spacial score (nSPS) is 16.6. The molecular weight excluding hydrogens is 298 g/mol. The van der Waals surface area contributed by atoms with E-state index in [-0.39, 0.29) is 6.04 Å². The summed E-state index contributed by atoms with van der Waals surface area (Å²) in [5.74, 6) is 1.17. The van der Waals surface area contributed by atoms with Gasteiger partial charge in [0.2, 0.25) is 0 Å². The van der Waals surface area contributed by atoms with E-state index in [4.69, 9.17) is 10.1 Å². The van der Waals surface area contributed by atoms with Gasteiger partial charge in [-0.25, -0.2) is 9.67 Å². The molecule has 2 aromatic carbocycles. The summed E-state index contributed by atoms with van der Waals surface area (Å²) in [5.41, 5.74) is 5.07. The molecular formula is C20H19N3O. The minimum atomic E-state index is -0.0325. The van der Waals surface area contributed by atoms with Gasteiger partial charge < -0.3 is 5.11 Å². The van der Waals surface area contributed by atoms with Crippen LogP contribution in [0.4, 0.5) is 5.82 Å². The summed E-state index contributed by atoms with van der Waals surface area (Å²) in [6.07, 6.45) is 0.750. The van der Waals surface area contributed by atoms with E-state index >= 15 is 0 Å². The van der Waals surface area contributed by atoms with Gasteiger partial charge in [-0.05, 0) is 25.5 Å². The number of aliphatic imine (C=N–C) groups is 1. The van der Waals surface area contributed by atoms with Crippen LogP contribution >= 0.6 is 0 Å². The molecule has 0 amide bonds. The quantitative estimate of drug-likeness (QED) is 0.748. The van der Waals surface area contributed by atoms with E-state index in [1.54, 1.807) is 6.07 Å². The highest BCUT2D eigenvalue weighted by molar-refractivity contribution is 5.90. The second kappa shape index (κ2) is 5.64. The Labute approximate surface area is 141 Å². The maximum atomic E-state index is 10.3. The molecule has 0 fully saturated rings. The van der Waals surface area contributed by atoms with E-state index in [2.05, 4.69) is 12.1 Å². The number of hydrogen-bond donors (Lipinski definition) is 1. The van der Waals surface area contributed by atoms with Crippen molar-refractivity contribution in [2.24, 2.45) is 4.99 Å². The van der Waals surface area contributed by atoms with Crippen molar-refractivity contribution in [3.8, 4) is 16.9 Å². The molecule has 0 saturated carbocycles. The molecule has 4 rings (SSSR count). The van der Waals surface area contributed by atoms with Crippen molar-refractivity contribution in [2.75, 3.05) is 0 Å². The number of phenols is 1. The number of fused-ring (bicyclic) bond motifs is 1. The third-order valence-corrected chi connectivity index (χ3v) is 4.50. The van der Waals surface area contributed by atoms with Crippen LogP contribution < -0.4 is 0 Å². The lowest BCUT2D eigenvalue weighted by Gasteiger charge is -2.24. The largest absolute Gasteiger partial charge is 0.508 e. The Morgan fingerprint density at radius 1 is 1.00 bits per heavy atom. The van der Waals surface area contributed by atoms with Crippen molar-refractivity contribution >= 4 is 11.5 Å². The highest BCUT2D eigenvalue weighted by atomic mass is 16.3. The predicted molar refractivity (Wildman–Crippen MR) is 96.0 cm³/mol. The van der Waals surface area contributed by atoms with Gasteiger partial charge in [-0.2, -0.15) is 5.10 Å². The van der Waals surface area contributed by atoms with Gasteiger partial charge in [0.15, 0.2) is 5.82 Å². The predicted octanol–water partition coefficient (Wildman–Crippen LogP) is 4.65. The molecule has 3 aromatic rings. The fraction of sp³-hybridized carbons (Fsp3) is 0.200. The van der Waals surface area contributed by atoms with Gasteiger partial charge in [-0.3, -0.25) is 0 Å². The monoisotopic (exact) mass is 317 g/mol. The number of aromatic hydroxyl groups is 1. The number of benzene rings is 2. The summed E-state index contributed by atoms with van der Waals surface area (Å²) in [5, 5.41) is 15.0. The van der Waals surface area contributed by atoms with E-state index in [0.29, 0.717) is 5.75 Å². The van der Waals surface area contributed by atoms with Gasteiger partial charge in [-0.1, -0.05) is 48.5 Å². The second-order valence-corrected chi connectivity index (χ2v) is 6.22. The van der Waals surface area contributed by atoms with E-state index in [9.17, 15) is 5.11 Å². The molecule has 1 unspecified atom stereocenters. The zero-order valence-electron chi connectivity index (χ0n) is 13.8. The van der Waals surface area contributed by atoms with Gasteiger partial charge >= 0.3 is 0 Å². The van der Waals surface area contributed by atoms with Crippen LogP contribution in [0.3, 0.4) is 0 Å². The molecule has 1 atom stereocenters. The first-order valence-electron chi connectivity index (χ1n) is 8.11. The van der Waals surface area contributed by atoms with Crippen molar-refractivity contribution < 1.29 is 5.11 Å². The molecule has 0 spiro atoms. The van der Waals surface area contributed by atoms with Crippen molar-refractivity contribution in [3.05, 3.63) is 65.9 Å². The molecule has 0 saturated heterocycles.